The van der Waals surface area contributed by atoms with E-state index >= 15 is 0 Å². The molecule has 0 bridgehead atoms. The highest BCUT2D eigenvalue weighted by atomic mass is 16.5. The van der Waals surface area contributed by atoms with Crippen molar-refractivity contribution < 1.29 is 14.3 Å². The number of carbonyl (C=O) groups excluding carboxylic acids is 2. The van der Waals surface area contributed by atoms with Crippen LogP contribution in [0.3, 0.4) is 0 Å². The fourth-order valence-corrected chi connectivity index (χ4v) is 3.83. The van der Waals surface area contributed by atoms with Crippen molar-refractivity contribution >= 4 is 11.8 Å². The van der Waals surface area contributed by atoms with Gasteiger partial charge in [0.05, 0.1) is 24.6 Å². The zero-order chi connectivity index (χ0) is 24.9. The van der Waals surface area contributed by atoms with E-state index in [1.54, 1.807) is 0 Å². The monoisotopic (exact) mass is 467 g/mol. The van der Waals surface area contributed by atoms with Crippen LogP contribution in [0.25, 0.3) is 0 Å². The minimum Gasteiger partial charge on any atom is -0.493 e. The Labute approximate surface area is 204 Å². The molecule has 1 unspecified atom stereocenters. The van der Waals surface area contributed by atoms with E-state index in [4.69, 9.17) is 10.5 Å². The van der Waals surface area contributed by atoms with Gasteiger partial charge in [-0.15, -0.1) is 0 Å². The van der Waals surface area contributed by atoms with E-state index in [1.807, 2.05) is 68.4 Å². The molecule has 0 radical (unpaired) electrons. The van der Waals surface area contributed by atoms with Crippen molar-refractivity contribution in [2.24, 2.45) is 11.7 Å². The molecule has 2 aromatic rings. The van der Waals surface area contributed by atoms with Gasteiger partial charge < -0.3 is 21.1 Å². The van der Waals surface area contributed by atoms with Gasteiger partial charge in [-0.2, -0.15) is 0 Å². The van der Waals surface area contributed by atoms with E-state index in [9.17, 15) is 9.59 Å². The average molecular weight is 468 g/mol. The predicted molar refractivity (Wildman–Crippen MR) is 138 cm³/mol. The fourth-order valence-electron chi connectivity index (χ4n) is 3.83. The number of carbonyl (C=O) groups is 2. The van der Waals surface area contributed by atoms with Crippen LogP contribution in [0.5, 0.6) is 5.75 Å². The summed E-state index contributed by atoms with van der Waals surface area (Å²) in [4.78, 5) is 25.4. The van der Waals surface area contributed by atoms with Crippen LogP contribution in [0.15, 0.2) is 54.6 Å². The Hall–Kier alpha value is -2.86. The Morgan fingerprint density at radius 1 is 0.882 bits per heavy atom. The molecule has 2 aromatic carbocycles. The predicted octanol–water partition coefficient (Wildman–Crippen LogP) is 4.71. The van der Waals surface area contributed by atoms with Gasteiger partial charge in [-0.3, -0.25) is 9.59 Å². The lowest BCUT2D eigenvalue weighted by Crippen LogP contribution is -2.45. The number of nitrogens with one attached hydrogen (secondary N) is 2. The third-order valence-electron chi connectivity index (χ3n) is 6.02. The molecule has 0 fully saturated rings. The first-order valence-electron chi connectivity index (χ1n) is 12.5. The molecule has 2 rings (SSSR count). The summed E-state index contributed by atoms with van der Waals surface area (Å²) in [6.45, 7) is 9.17. The summed E-state index contributed by atoms with van der Waals surface area (Å²) in [5, 5.41) is 6.02. The Morgan fingerprint density at radius 2 is 1.53 bits per heavy atom. The van der Waals surface area contributed by atoms with Crippen LogP contribution in [-0.4, -0.2) is 31.0 Å². The highest BCUT2D eigenvalue weighted by molar-refractivity contribution is 5.84. The molecular weight excluding hydrogens is 426 g/mol. The largest absolute Gasteiger partial charge is 0.493 e. The van der Waals surface area contributed by atoms with Crippen molar-refractivity contribution in [1.82, 2.24) is 10.6 Å². The first-order valence-corrected chi connectivity index (χ1v) is 12.5. The average Bonchev–Trinajstić information content (AvgIpc) is 2.85. The van der Waals surface area contributed by atoms with E-state index in [2.05, 4.69) is 24.5 Å². The van der Waals surface area contributed by atoms with Crippen LogP contribution in [0.1, 0.15) is 76.5 Å². The Bertz CT molecular complexity index is 870. The first kappa shape index (κ1) is 27.4. The molecule has 2 amide bonds. The van der Waals surface area contributed by atoms with Gasteiger partial charge in [0.25, 0.3) is 0 Å². The van der Waals surface area contributed by atoms with Crippen molar-refractivity contribution in [3.8, 4) is 5.75 Å². The second-order valence-corrected chi connectivity index (χ2v) is 9.11. The standard InChI is InChI=1S/C28H41N3O3/c1-5-10-20(3)19-34-24-16-14-23(15-17-24)26(18-30-28(33)25(29)11-6-2)31-27(32)21(4)22-12-8-7-9-13-22/h7-9,12-17,20-21,25-26H,5-6,10-11,18-19,29H2,1-4H3,(H,30,33)(H,31,32)/t20?,21-,25-,26+/m0/s1. The lowest BCUT2D eigenvalue weighted by Gasteiger charge is -2.23. The number of ether oxygens (including phenoxy) is 1. The van der Waals surface area contributed by atoms with Crippen LogP contribution in [0, 0.1) is 5.92 Å². The summed E-state index contributed by atoms with van der Waals surface area (Å²) >= 11 is 0. The van der Waals surface area contributed by atoms with Gasteiger partial charge in [0.1, 0.15) is 5.75 Å². The lowest BCUT2D eigenvalue weighted by molar-refractivity contribution is -0.125. The molecule has 0 saturated heterocycles. The van der Waals surface area contributed by atoms with Gasteiger partial charge in [-0.05, 0) is 48.9 Å². The van der Waals surface area contributed by atoms with E-state index in [1.165, 1.54) is 0 Å². The Kier molecular flexibility index (Phi) is 11.6. The van der Waals surface area contributed by atoms with Gasteiger partial charge in [0.15, 0.2) is 0 Å². The molecule has 34 heavy (non-hydrogen) atoms. The van der Waals surface area contributed by atoms with Gasteiger partial charge in [0, 0.05) is 6.54 Å². The Balaban J connectivity index is 2.11. The second-order valence-electron chi connectivity index (χ2n) is 9.11. The number of rotatable bonds is 14. The summed E-state index contributed by atoms with van der Waals surface area (Å²) in [5.74, 6) is 0.672. The van der Waals surface area contributed by atoms with Crippen LogP contribution in [-0.2, 0) is 9.59 Å². The van der Waals surface area contributed by atoms with Gasteiger partial charge in [0.2, 0.25) is 11.8 Å². The van der Waals surface area contributed by atoms with Gasteiger partial charge in [-0.25, -0.2) is 0 Å². The van der Waals surface area contributed by atoms with Crippen LogP contribution >= 0.6 is 0 Å². The quantitative estimate of drug-likeness (QED) is 0.375. The van der Waals surface area contributed by atoms with Gasteiger partial charge >= 0.3 is 0 Å². The van der Waals surface area contributed by atoms with E-state index in [0.717, 1.165) is 36.1 Å². The summed E-state index contributed by atoms with van der Waals surface area (Å²) < 4.78 is 5.92. The molecule has 0 aliphatic rings. The molecule has 0 spiro atoms. The van der Waals surface area contributed by atoms with Crippen molar-refractivity contribution in [3.63, 3.8) is 0 Å². The highest BCUT2D eigenvalue weighted by Gasteiger charge is 2.22. The summed E-state index contributed by atoms with van der Waals surface area (Å²) in [5.41, 5.74) is 7.80. The summed E-state index contributed by atoms with van der Waals surface area (Å²) in [7, 11) is 0. The third kappa shape index (κ3) is 8.82. The SMILES string of the molecule is CCCC(C)COc1ccc([C@@H](CNC(=O)[C@@H](N)CCC)NC(=O)[C@@H](C)c2ccccc2)cc1. The molecule has 0 heterocycles. The van der Waals surface area contributed by atoms with Crippen molar-refractivity contribution in [1.29, 1.82) is 0 Å². The molecular formula is C28H41N3O3. The van der Waals surface area contributed by atoms with Crippen LogP contribution in [0.2, 0.25) is 0 Å². The second kappa shape index (κ2) is 14.4. The molecule has 0 saturated carbocycles. The van der Waals surface area contributed by atoms with Gasteiger partial charge in [-0.1, -0.05) is 76.1 Å². The number of amides is 2. The summed E-state index contributed by atoms with van der Waals surface area (Å²) in [6.07, 6.45) is 3.73. The minimum atomic E-state index is -0.550. The topological polar surface area (TPSA) is 93.4 Å². The van der Waals surface area contributed by atoms with Crippen molar-refractivity contribution in [2.75, 3.05) is 13.2 Å². The first-order chi connectivity index (χ1) is 16.3. The maximum absolute atomic E-state index is 13.0. The number of nitrogens with two attached hydrogens (primary N) is 1. The van der Waals surface area contributed by atoms with Crippen LogP contribution in [0.4, 0.5) is 0 Å². The molecule has 0 aliphatic carbocycles. The Morgan fingerprint density at radius 3 is 2.15 bits per heavy atom. The van der Waals surface area contributed by atoms with Crippen molar-refractivity contribution in [2.45, 2.75) is 71.4 Å². The maximum Gasteiger partial charge on any atom is 0.236 e. The molecule has 0 aliphatic heterocycles. The number of benzene rings is 2. The molecule has 0 aromatic heterocycles. The highest BCUT2D eigenvalue weighted by Crippen LogP contribution is 2.21. The molecule has 4 N–H and O–H groups in total. The van der Waals surface area contributed by atoms with E-state index in [-0.39, 0.29) is 30.3 Å². The normalized spacial score (nSPS) is 14.5. The lowest BCUT2D eigenvalue weighted by atomic mass is 9.99. The fraction of sp³-hybridized carbons (Fsp3) is 0.500. The molecule has 4 atom stereocenters. The van der Waals surface area contributed by atoms with Crippen molar-refractivity contribution in [3.05, 3.63) is 65.7 Å². The maximum atomic E-state index is 13.0. The smallest absolute Gasteiger partial charge is 0.236 e. The molecule has 186 valence electrons. The van der Waals surface area contributed by atoms with E-state index < -0.39 is 6.04 Å². The summed E-state index contributed by atoms with van der Waals surface area (Å²) in [6, 6.07) is 16.4. The molecule has 6 nitrogen and oxygen atoms in total. The zero-order valence-electron chi connectivity index (χ0n) is 21.1. The number of hydrogen-bond donors (Lipinski definition) is 3. The number of hydrogen-bond acceptors (Lipinski definition) is 4. The minimum absolute atomic E-state index is 0.1000. The zero-order valence-corrected chi connectivity index (χ0v) is 21.1. The van der Waals surface area contributed by atoms with Crippen LogP contribution < -0.4 is 21.1 Å². The third-order valence-corrected chi connectivity index (χ3v) is 6.02. The van der Waals surface area contributed by atoms with E-state index in [0.29, 0.717) is 18.9 Å². The molecule has 6 heteroatoms.